The van der Waals surface area contributed by atoms with E-state index in [1.807, 2.05) is 0 Å². The molecule has 0 spiro atoms. The maximum Gasteiger partial charge on any atom is 0.351 e. The average Bonchev–Trinajstić information content (AvgIpc) is 2.77. The predicted octanol–water partition coefficient (Wildman–Crippen LogP) is -1.15. The lowest BCUT2D eigenvalue weighted by Gasteiger charge is -2.17. The third-order valence-corrected chi connectivity index (χ3v) is 2.58. The van der Waals surface area contributed by atoms with Crippen LogP contribution in [0.15, 0.2) is 11.0 Å². The molecule has 3 unspecified atom stereocenters. The minimum Gasteiger partial charge on any atom is -0.394 e. The molecule has 19 heavy (non-hydrogen) atoms. The number of ether oxygens (including phenoxy) is 1. The molecule has 2 rings (SSSR count). The molecule has 1 aliphatic heterocycles. The monoisotopic (exact) mass is 271 g/mol. The maximum absolute atomic E-state index is 13.2. The Bertz CT molecular complexity index is 516. The van der Waals surface area contributed by atoms with Gasteiger partial charge in [0.15, 0.2) is 17.9 Å². The molecular weight excluding hydrogens is 257 g/mol. The third kappa shape index (κ3) is 3.08. The Morgan fingerprint density at radius 2 is 2.26 bits per heavy atom. The molecule has 1 aromatic rings. The fourth-order valence-electron chi connectivity index (χ4n) is 1.74. The van der Waals surface area contributed by atoms with E-state index in [9.17, 15) is 14.3 Å². The van der Waals surface area contributed by atoms with Gasteiger partial charge in [0.1, 0.15) is 6.10 Å². The van der Waals surface area contributed by atoms with Crippen molar-refractivity contribution in [3.8, 4) is 12.8 Å². The topological polar surface area (TPSA) is 111 Å². The van der Waals surface area contributed by atoms with Gasteiger partial charge in [0.05, 0.1) is 18.9 Å². The zero-order valence-electron chi connectivity index (χ0n) is 9.94. The van der Waals surface area contributed by atoms with Crippen LogP contribution in [0.3, 0.4) is 0 Å². The Labute approximate surface area is 108 Å². The van der Waals surface area contributed by atoms with E-state index in [-0.39, 0.29) is 13.0 Å². The standard InChI is InChI=1S/C9H12FN3O4.C2H2/c10-5-2-13(9(16)12-7(5)11)8-6(15)1-4(3-14)17-8;1-2/h2,4,6,8,14-15H,1,3H2,(H2,11,12,16);1-2H. The van der Waals surface area contributed by atoms with Crippen LogP contribution in [0.5, 0.6) is 0 Å². The second kappa shape index (κ2) is 6.29. The number of aromatic nitrogens is 2. The molecule has 3 atom stereocenters. The largest absolute Gasteiger partial charge is 0.394 e. The highest BCUT2D eigenvalue weighted by Crippen LogP contribution is 2.27. The maximum atomic E-state index is 13.2. The van der Waals surface area contributed by atoms with Crippen molar-refractivity contribution in [1.82, 2.24) is 9.55 Å². The fraction of sp³-hybridized carbons (Fsp3) is 0.455. The molecule has 7 nitrogen and oxygen atoms in total. The highest BCUT2D eigenvalue weighted by Gasteiger charge is 2.35. The number of aliphatic hydroxyl groups excluding tert-OH is 2. The number of hydrogen-bond acceptors (Lipinski definition) is 6. The van der Waals surface area contributed by atoms with Crippen LogP contribution in [-0.4, -0.2) is 38.6 Å². The summed E-state index contributed by atoms with van der Waals surface area (Å²) in [4.78, 5) is 14.7. The number of nitrogen functional groups attached to an aromatic ring is 1. The van der Waals surface area contributed by atoms with E-state index in [0.717, 1.165) is 10.8 Å². The zero-order chi connectivity index (χ0) is 14.6. The third-order valence-electron chi connectivity index (χ3n) is 2.58. The van der Waals surface area contributed by atoms with Crippen LogP contribution in [0, 0.1) is 18.7 Å². The summed E-state index contributed by atoms with van der Waals surface area (Å²) >= 11 is 0. The van der Waals surface area contributed by atoms with E-state index >= 15 is 0 Å². The molecule has 1 aromatic heterocycles. The van der Waals surface area contributed by atoms with Gasteiger partial charge in [-0.2, -0.15) is 4.98 Å². The zero-order valence-corrected chi connectivity index (χ0v) is 9.94. The van der Waals surface area contributed by atoms with Crippen molar-refractivity contribution in [2.24, 2.45) is 0 Å². The molecule has 1 fully saturated rings. The lowest BCUT2D eigenvalue weighted by Crippen LogP contribution is -2.32. The normalized spacial score (nSPS) is 25.6. The summed E-state index contributed by atoms with van der Waals surface area (Å²) in [5, 5.41) is 18.5. The summed E-state index contributed by atoms with van der Waals surface area (Å²) in [6.45, 7) is -0.285. The molecule has 0 radical (unpaired) electrons. The SMILES string of the molecule is C#C.Nc1nc(=O)n(C2OC(CO)CC2O)cc1F. The number of halogens is 1. The van der Waals surface area contributed by atoms with Crippen LogP contribution in [-0.2, 0) is 4.74 Å². The number of nitrogens with two attached hydrogens (primary N) is 1. The number of nitrogens with zero attached hydrogens (tertiary/aromatic N) is 2. The Balaban J connectivity index is 0.000000861. The van der Waals surface area contributed by atoms with Gasteiger partial charge in [0.25, 0.3) is 0 Å². The van der Waals surface area contributed by atoms with E-state index in [2.05, 4.69) is 17.8 Å². The van der Waals surface area contributed by atoms with Crippen molar-refractivity contribution in [1.29, 1.82) is 0 Å². The van der Waals surface area contributed by atoms with Crippen molar-refractivity contribution in [2.45, 2.75) is 24.9 Å². The molecule has 0 saturated carbocycles. The van der Waals surface area contributed by atoms with Gasteiger partial charge in [-0.3, -0.25) is 4.57 Å². The molecule has 0 aliphatic carbocycles. The number of terminal acetylenes is 1. The highest BCUT2D eigenvalue weighted by molar-refractivity contribution is 5.26. The first-order valence-electron chi connectivity index (χ1n) is 5.34. The molecule has 0 amide bonds. The molecule has 1 aliphatic rings. The first-order valence-corrected chi connectivity index (χ1v) is 5.34. The Hall–Kier alpha value is -1.95. The number of hydrogen-bond donors (Lipinski definition) is 3. The van der Waals surface area contributed by atoms with E-state index < -0.39 is 35.8 Å². The molecular formula is C11H14FN3O4. The predicted molar refractivity (Wildman–Crippen MR) is 64.4 cm³/mol. The van der Waals surface area contributed by atoms with Gasteiger partial charge in [0.2, 0.25) is 0 Å². The van der Waals surface area contributed by atoms with Gasteiger partial charge in [-0.05, 0) is 0 Å². The number of rotatable bonds is 2. The minimum absolute atomic E-state index is 0.166. The second-order valence-corrected chi connectivity index (χ2v) is 3.80. The van der Waals surface area contributed by atoms with E-state index in [1.165, 1.54) is 0 Å². The molecule has 0 bridgehead atoms. The van der Waals surface area contributed by atoms with Crippen LogP contribution in [0.1, 0.15) is 12.6 Å². The van der Waals surface area contributed by atoms with Crippen LogP contribution < -0.4 is 11.4 Å². The van der Waals surface area contributed by atoms with Gasteiger partial charge in [-0.1, -0.05) is 0 Å². The van der Waals surface area contributed by atoms with Gasteiger partial charge in [0, 0.05) is 6.42 Å². The van der Waals surface area contributed by atoms with Crippen LogP contribution in [0.2, 0.25) is 0 Å². The molecule has 1 saturated heterocycles. The smallest absolute Gasteiger partial charge is 0.351 e. The number of anilines is 1. The second-order valence-electron chi connectivity index (χ2n) is 3.80. The van der Waals surface area contributed by atoms with Gasteiger partial charge < -0.3 is 20.7 Å². The van der Waals surface area contributed by atoms with Gasteiger partial charge >= 0.3 is 5.69 Å². The van der Waals surface area contributed by atoms with Crippen molar-refractivity contribution in [2.75, 3.05) is 12.3 Å². The van der Waals surface area contributed by atoms with Crippen LogP contribution in [0.4, 0.5) is 10.2 Å². The Morgan fingerprint density at radius 3 is 2.79 bits per heavy atom. The highest BCUT2D eigenvalue weighted by atomic mass is 19.1. The molecule has 2 heterocycles. The van der Waals surface area contributed by atoms with Gasteiger partial charge in [-0.15, -0.1) is 12.8 Å². The van der Waals surface area contributed by atoms with E-state index in [4.69, 9.17) is 15.6 Å². The van der Waals surface area contributed by atoms with E-state index in [1.54, 1.807) is 0 Å². The summed E-state index contributed by atoms with van der Waals surface area (Å²) in [7, 11) is 0. The van der Waals surface area contributed by atoms with Crippen LogP contribution >= 0.6 is 0 Å². The van der Waals surface area contributed by atoms with Crippen molar-refractivity contribution in [3.63, 3.8) is 0 Å². The molecule has 0 aromatic carbocycles. The Kier molecular flexibility index (Phi) is 5.00. The summed E-state index contributed by atoms with van der Waals surface area (Å²) in [6.07, 6.45) is 6.36. The lowest BCUT2D eigenvalue weighted by molar-refractivity contribution is -0.0533. The minimum atomic E-state index is -1.05. The molecule has 8 heteroatoms. The average molecular weight is 271 g/mol. The van der Waals surface area contributed by atoms with Crippen LogP contribution in [0.25, 0.3) is 0 Å². The van der Waals surface area contributed by atoms with Crippen molar-refractivity contribution in [3.05, 3.63) is 22.5 Å². The molecule has 4 N–H and O–H groups in total. The lowest BCUT2D eigenvalue weighted by atomic mass is 10.2. The summed E-state index contributed by atoms with van der Waals surface area (Å²) < 4.78 is 19.2. The quantitative estimate of drug-likeness (QED) is 0.586. The first kappa shape index (κ1) is 15.1. The first-order chi connectivity index (χ1) is 9.02. The Morgan fingerprint density at radius 1 is 1.63 bits per heavy atom. The summed E-state index contributed by atoms with van der Waals surface area (Å²) in [5.41, 5.74) is 4.32. The van der Waals surface area contributed by atoms with E-state index in [0.29, 0.717) is 0 Å². The number of aliphatic hydroxyl groups is 2. The summed E-state index contributed by atoms with van der Waals surface area (Å²) in [6, 6.07) is 0. The fourth-order valence-corrected chi connectivity index (χ4v) is 1.74. The van der Waals surface area contributed by atoms with Crippen molar-refractivity contribution < 1.29 is 19.3 Å². The summed E-state index contributed by atoms with van der Waals surface area (Å²) in [5.74, 6) is -1.37. The van der Waals surface area contributed by atoms with Crippen molar-refractivity contribution >= 4 is 5.82 Å². The molecule has 104 valence electrons. The van der Waals surface area contributed by atoms with Gasteiger partial charge in [-0.25, -0.2) is 9.18 Å².